The third-order valence-corrected chi connectivity index (χ3v) is 6.07. The Morgan fingerprint density at radius 2 is 1.59 bits per heavy atom. The van der Waals surface area contributed by atoms with Crippen molar-refractivity contribution >= 4 is 16.9 Å². The molecule has 0 fully saturated rings. The van der Waals surface area contributed by atoms with E-state index in [9.17, 15) is 4.79 Å². The summed E-state index contributed by atoms with van der Waals surface area (Å²) in [4.78, 5) is 17.3. The normalized spacial score (nSPS) is 11.1. The highest BCUT2D eigenvalue weighted by Crippen LogP contribution is 2.23. The van der Waals surface area contributed by atoms with Gasteiger partial charge in [0.1, 0.15) is 5.82 Å². The van der Waals surface area contributed by atoms with E-state index in [1.807, 2.05) is 37.3 Å². The fourth-order valence-electron chi connectivity index (χ4n) is 4.37. The molecule has 0 spiro atoms. The minimum atomic E-state index is -0.0237. The summed E-state index contributed by atoms with van der Waals surface area (Å²) in [5.41, 5.74) is 9.32. The number of carbonyl (C=O) groups is 1. The molecule has 4 heteroatoms. The van der Waals surface area contributed by atoms with Crippen molar-refractivity contribution in [2.24, 2.45) is 0 Å². The summed E-state index contributed by atoms with van der Waals surface area (Å²) < 4.78 is 2.34. The van der Waals surface area contributed by atoms with Crippen molar-refractivity contribution in [3.8, 4) is 0 Å². The molecule has 4 nitrogen and oxygen atoms in total. The van der Waals surface area contributed by atoms with E-state index >= 15 is 0 Å². The Morgan fingerprint density at radius 1 is 0.906 bits per heavy atom. The van der Waals surface area contributed by atoms with Gasteiger partial charge in [-0.1, -0.05) is 47.5 Å². The molecular weight excluding hydrogens is 394 g/mol. The Bertz CT molecular complexity index is 1230. The van der Waals surface area contributed by atoms with Crippen LogP contribution in [-0.4, -0.2) is 22.0 Å². The topological polar surface area (TPSA) is 46.9 Å². The number of fused-ring (bicyclic) bond motifs is 1. The van der Waals surface area contributed by atoms with Crippen molar-refractivity contribution in [2.45, 2.75) is 47.1 Å². The molecule has 0 radical (unpaired) electrons. The number of hydrogen-bond donors (Lipinski definition) is 1. The van der Waals surface area contributed by atoms with Crippen molar-refractivity contribution in [3.05, 3.63) is 99.9 Å². The summed E-state index contributed by atoms with van der Waals surface area (Å²) in [6, 6.07) is 20.5. The van der Waals surface area contributed by atoms with Crippen LogP contribution >= 0.6 is 0 Å². The van der Waals surface area contributed by atoms with Crippen LogP contribution < -0.4 is 5.32 Å². The van der Waals surface area contributed by atoms with Crippen LogP contribution in [0.4, 0.5) is 0 Å². The van der Waals surface area contributed by atoms with E-state index in [0.29, 0.717) is 12.1 Å². The highest BCUT2D eigenvalue weighted by molar-refractivity contribution is 5.94. The van der Waals surface area contributed by atoms with Crippen LogP contribution in [0.5, 0.6) is 0 Å². The van der Waals surface area contributed by atoms with Crippen molar-refractivity contribution in [1.29, 1.82) is 0 Å². The van der Waals surface area contributed by atoms with Crippen molar-refractivity contribution < 1.29 is 4.79 Å². The molecule has 1 heterocycles. The third-order valence-electron chi connectivity index (χ3n) is 6.07. The summed E-state index contributed by atoms with van der Waals surface area (Å²) in [5.74, 6) is 1.04. The fourth-order valence-corrected chi connectivity index (χ4v) is 4.37. The van der Waals surface area contributed by atoms with E-state index in [1.54, 1.807) is 0 Å². The second-order valence-corrected chi connectivity index (χ2v) is 8.71. The standard InChI is InChI=1S/C28H31N3O/c1-19-11-13-23(14-12-19)28(32)29-15-7-10-27-30-25-8-5-6-9-26(25)31(27)18-24-21(3)16-20(2)17-22(24)4/h5-6,8-9,11-14,16-17H,7,10,15,18H2,1-4H3,(H,29,32). The number of amides is 1. The molecule has 0 saturated carbocycles. The lowest BCUT2D eigenvalue weighted by molar-refractivity contribution is 0.0953. The Hall–Kier alpha value is -3.40. The number of nitrogens with one attached hydrogen (secondary N) is 1. The molecule has 4 rings (SSSR count). The molecule has 1 aromatic heterocycles. The molecule has 1 N–H and O–H groups in total. The molecule has 0 atom stereocenters. The number of para-hydroxylation sites is 2. The average Bonchev–Trinajstić information content (AvgIpc) is 3.11. The quantitative estimate of drug-likeness (QED) is 0.387. The molecule has 0 saturated heterocycles. The van der Waals surface area contributed by atoms with Gasteiger partial charge in [0.05, 0.1) is 11.0 Å². The highest BCUT2D eigenvalue weighted by atomic mass is 16.1. The number of aromatic nitrogens is 2. The lowest BCUT2D eigenvalue weighted by Crippen LogP contribution is -2.25. The van der Waals surface area contributed by atoms with Gasteiger partial charge >= 0.3 is 0 Å². The van der Waals surface area contributed by atoms with Gasteiger partial charge < -0.3 is 9.88 Å². The monoisotopic (exact) mass is 425 g/mol. The summed E-state index contributed by atoms with van der Waals surface area (Å²) in [7, 11) is 0. The van der Waals surface area contributed by atoms with Gasteiger partial charge in [-0.2, -0.15) is 0 Å². The van der Waals surface area contributed by atoms with Crippen molar-refractivity contribution in [1.82, 2.24) is 14.9 Å². The van der Waals surface area contributed by atoms with Gasteiger partial charge in [0, 0.05) is 25.1 Å². The third kappa shape index (κ3) is 4.75. The molecule has 0 aliphatic heterocycles. The van der Waals surface area contributed by atoms with Gasteiger partial charge in [0.15, 0.2) is 0 Å². The zero-order valence-corrected chi connectivity index (χ0v) is 19.4. The molecule has 0 bridgehead atoms. The summed E-state index contributed by atoms with van der Waals surface area (Å²) in [6.45, 7) is 9.98. The van der Waals surface area contributed by atoms with E-state index in [1.165, 1.54) is 22.3 Å². The van der Waals surface area contributed by atoms with Gasteiger partial charge in [-0.05, 0) is 75.1 Å². The first kappa shape index (κ1) is 21.8. The number of hydrogen-bond acceptors (Lipinski definition) is 2. The fraction of sp³-hybridized carbons (Fsp3) is 0.286. The van der Waals surface area contributed by atoms with Crippen molar-refractivity contribution in [3.63, 3.8) is 0 Å². The Morgan fingerprint density at radius 3 is 2.31 bits per heavy atom. The first-order chi connectivity index (χ1) is 15.4. The number of benzene rings is 3. The molecule has 1 amide bonds. The summed E-state index contributed by atoms with van der Waals surface area (Å²) in [5, 5.41) is 3.04. The van der Waals surface area contributed by atoms with Gasteiger partial charge in [-0.25, -0.2) is 4.98 Å². The van der Waals surface area contributed by atoms with Crippen LogP contribution in [0.15, 0.2) is 60.7 Å². The Labute approximate surface area is 190 Å². The first-order valence-electron chi connectivity index (χ1n) is 11.3. The van der Waals surface area contributed by atoms with E-state index in [2.05, 4.69) is 61.0 Å². The van der Waals surface area contributed by atoms with Crippen LogP contribution in [0.1, 0.15) is 50.4 Å². The van der Waals surface area contributed by atoms with Gasteiger partial charge in [0.25, 0.3) is 5.91 Å². The van der Waals surface area contributed by atoms with Gasteiger partial charge in [-0.3, -0.25) is 4.79 Å². The van der Waals surface area contributed by atoms with E-state index in [0.717, 1.165) is 41.8 Å². The maximum atomic E-state index is 12.4. The number of nitrogens with zero attached hydrogens (tertiary/aromatic N) is 2. The molecule has 0 aliphatic carbocycles. The van der Waals surface area contributed by atoms with Crippen LogP contribution in [-0.2, 0) is 13.0 Å². The number of aryl methyl sites for hydroxylation is 5. The lowest BCUT2D eigenvalue weighted by Gasteiger charge is -2.15. The lowest BCUT2D eigenvalue weighted by atomic mass is 9.99. The highest BCUT2D eigenvalue weighted by Gasteiger charge is 2.14. The van der Waals surface area contributed by atoms with Crippen LogP contribution in [0, 0.1) is 27.7 Å². The second-order valence-electron chi connectivity index (χ2n) is 8.71. The van der Waals surface area contributed by atoms with E-state index in [4.69, 9.17) is 4.98 Å². The van der Waals surface area contributed by atoms with E-state index in [-0.39, 0.29) is 5.91 Å². The van der Waals surface area contributed by atoms with Gasteiger partial charge in [0.2, 0.25) is 0 Å². The smallest absolute Gasteiger partial charge is 0.251 e. The molecule has 164 valence electrons. The van der Waals surface area contributed by atoms with Crippen molar-refractivity contribution in [2.75, 3.05) is 6.54 Å². The first-order valence-corrected chi connectivity index (χ1v) is 11.3. The van der Waals surface area contributed by atoms with Crippen LogP contribution in [0.3, 0.4) is 0 Å². The zero-order chi connectivity index (χ0) is 22.7. The van der Waals surface area contributed by atoms with Crippen LogP contribution in [0.25, 0.3) is 11.0 Å². The largest absolute Gasteiger partial charge is 0.352 e. The molecule has 3 aromatic carbocycles. The summed E-state index contributed by atoms with van der Waals surface area (Å²) in [6.07, 6.45) is 1.65. The minimum absolute atomic E-state index is 0.0237. The second kappa shape index (κ2) is 9.39. The Balaban J connectivity index is 1.49. The molecule has 4 aromatic rings. The molecular formula is C28H31N3O. The predicted molar refractivity (Wildman–Crippen MR) is 131 cm³/mol. The zero-order valence-electron chi connectivity index (χ0n) is 19.4. The Kier molecular flexibility index (Phi) is 6.40. The van der Waals surface area contributed by atoms with E-state index < -0.39 is 0 Å². The van der Waals surface area contributed by atoms with Gasteiger partial charge in [-0.15, -0.1) is 0 Å². The minimum Gasteiger partial charge on any atom is -0.352 e. The maximum absolute atomic E-state index is 12.4. The van der Waals surface area contributed by atoms with Crippen LogP contribution in [0.2, 0.25) is 0 Å². The molecule has 0 aliphatic rings. The molecule has 32 heavy (non-hydrogen) atoms. The maximum Gasteiger partial charge on any atom is 0.251 e. The number of carbonyl (C=O) groups excluding carboxylic acids is 1. The molecule has 0 unspecified atom stereocenters. The number of rotatable bonds is 7. The summed E-state index contributed by atoms with van der Waals surface area (Å²) >= 11 is 0. The number of imidazole rings is 1. The SMILES string of the molecule is Cc1ccc(C(=O)NCCCc2nc3ccccc3n2Cc2c(C)cc(C)cc2C)cc1. The average molecular weight is 426 g/mol. The predicted octanol–water partition coefficient (Wildman–Crippen LogP) is 5.68.